The Morgan fingerprint density at radius 3 is 2.50 bits per heavy atom. The van der Waals surface area contributed by atoms with Gasteiger partial charge in [-0.15, -0.1) is 0 Å². The van der Waals surface area contributed by atoms with Gasteiger partial charge in [-0.05, 0) is 33.2 Å². The van der Waals surface area contributed by atoms with Crippen molar-refractivity contribution in [3.63, 3.8) is 0 Å². The first kappa shape index (κ1) is 13.6. The summed E-state index contributed by atoms with van der Waals surface area (Å²) in [6.07, 6.45) is 1.85. The minimum Gasteiger partial charge on any atom is -0.378 e. The smallest absolute Gasteiger partial charge is 0.135 e. The van der Waals surface area contributed by atoms with Crippen molar-refractivity contribution in [3.05, 3.63) is 0 Å². The van der Waals surface area contributed by atoms with E-state index in [9.17, 15) is 4.79 Å². The molecule has 0 saturated carbocycles. The second-order valence-corrected chi connectivity index (χ2v) is 4.45. The maximum absolute atomic E-state index is 11.2. The number of carbonyl (C=O) groups excluding carboxylic acids is 1. The summed E-state index contributed by atoms with van der Waals surface area (Å²) in [4.78, 5) is 11.2. The van der Waals surface area contributed by atoms with Crippen molar-refractivity contribution in [2.24, 2.45) is 11.1 Å². The van der Waals surface area contributed by atoms with Gasteiger partial charge in [0.25, 0.3) is 0 Å². The molecule has 0 bridgehead atoms. The Kier molecular flexibility index (Phi) is 5.96. The molecule has 0 aromatic heterocycles. The predicted octanol–water partition coefficient (Wildman–Crippen LogP) is 1.75. The SMILES string of the molecule is CC(=O)C(C)(C)CCOC(C)CCN. The van der Waals surface area contributed by atoms with Crippen LogP contribution in [0.1, 0.15) is 40.5 Å². The average molecular weight is 201 g/mol. The highest BCUT2D eigenvalue weighted by molar-refractivity contribution is 5.81. The van der Waals surface area contributed by atoms with Gasteiger partial charge in [0.05, 0.1) is 6.10 Å². The fourth-order valence-electron chi connectivity index (χ4n) is 1.01. The van der Waals surface area contributed by atoms with Crippen molar-refractivity contribution < 1.29 is 9.53 Å². The molecular weight excluding hydrogens is 178 g/mol. The summed E-state index contributed by atoms with van der Waals surface area (Å²) in [5.41, 5.74) is 5.14. The van der Waals surface area contributed by atoms with Crippen LogP contribution < -0.4 is 5.73 Å². The molecule has 0 aromatic rings. The Balaban J connectivity index is 3.68. The summed E-state index contributed by atoms with van der Waals surface area (Å²) >= 11 is 0. The summed E-state index contributed by atoms with van der Waals surface area (Å²) in [6, 6.07) is 0. The summed E-state index contributed by atoms with van der Waals surface area (Å²) in [5.74, 6) is 0.215. The number of nitrogens with two attached hydrogens (primary N) is 1. The second kappa shape index (κ2) is 6.14. The molecule has 0 heterocycles. The number of Topliss-reactive ketones (excluding diaryl/α,β-unsaturated/α-hetero) is 1. The summed E-state index contributed by atoms with van der Waals surface area (Å²) in [7, 11) is 0. The molecule has 14 heavy (non-hydrogen) atoms. The van der Waals surface area contributed by atoms with E-state index in [-0.39, 0.29) is 17.3 Å². The quantitative estimate of drug-likeness (QED) is 0.682. The summed E-state index contributed by atoms with van der Waals surface area (Å²) in [5, 5.41) is 0. The molecule has 0 amide bonds. The molecule has 0 fully saturated rings. The maximum Gasteiger partial charge on any atom is 0.135 e. The average Bonchev–Trinajstić information content (AvgIpc) is 2.04. The molecule has 0 spiro atoms. The number of rotatable bonds is 7. The van der Waals surface area contributed by atoms with Gasteiger partial charge in [0.1, 0.15) is 5.78 Å². The zero-order valence-electron chi connectivity index (χ0n) is 9.80. The topological polar surface area (TPSA) is 52.3 Å². The van der Waals surface area contributed by atoms with Gasteiger partial charge in [-0.2, -0.15) is 0 Å². The Hall–Kier alpha value is -0.410. The highest BCUT2D eigenvalue weighted by Gasteiger charge is 2.23. The zero-order chi connectivity index (χ0) is 11.2. The van der Waals surface area contributed by atoms with Crippen LogP contribution in [0.15, 0.2) is 0 Å². The van der Waals surface area contributed by atoms with Crippen LogP contribution >= 0.6 is 0 Å². The van der Waals surface area contributed by atoms with Gasteiger partial charge >= 0.3 is 0 Å². The normalized spacial score (nSPS) is 14.1. The maximum atomic E-state index is 11.2. The van der Waals surface area contributed by atoms with Gasteiger partial charge in [0, 0.05) is 12.0 Å². The van der Waals surface area contributed by atoms with Gasteiger partial charge in [-0.25, -0.2) is 0 Å². The van der Waals surface area contributed by atoms with Crippen molar-refractivity contribution in [1.82, 2.24) is 0 Å². The van der Waals surface area contributed by atoms with E-state index in [1.165, 1.54) is 0 Å². The van der Waals surface area contributed by atoms with E-state index in [0.29, 0.717) is 13.2 Å². The highest BCUT2D eigenvalue weighted by atomic mass is 16.5. The van der Waals surface area contributed by atoms with Gasteiger partial charge in [0.15, 0.2) is 0 Å². The van der Waals surface area contributed by atoms with Crippen LogP contribution in [0, 0.1) is 5.41 Å². The first-order valence-corrected chi connectivity index (χ1v) is 5.23. The number of carbonyl (C=O) groups is 1. The van der Waals surface area contributed by atoms with Crippen LogP contribution in [0.25, 0.3) is 0 Å². The lowest BCUT2D eigenvalue weighted by atomic mass is 9.86. The molecule has 0 saturated heterocycles. The molecule has 1 unspecified atom stereocenters. The lowest BCUT2D eigenvalue weighted by Gasteiger charge is -2.22. The van der Waals surface area contributed by atoms with E-state index in [4.69, 9.17) is 10.5 Å². The lowest BCUT2D eigenvalue weighted by Crippen LogP contribution is -2.24. The van der Waals surface area contributed by atoms with E-state index in [1.54, 1.807) is 6.92 Å². The van der Waals surface area contributed by atoms with Crippen molar-refractivity contribution >= 4 is 5.78 Å². The molecule has 2 N–H and O–H groups in total. The number of hydrogen-bond donors (Lipinski definition) is 1. The molecule has 0 aliphatic carbocycles. The third-order valence-electron chi connectivity index (χ3n) is 2.66. The zero-order valence-corrected chi connectivity index (χ0v) is 9.80. The largest absolute Gasteiger partial charge is 0.378 e. The molecule has 0 aromatic carbocycles. The first-order valence-electron chi connectivity index (χ1n) is 5.23. The van der Waals surface area contributed by atoms with Crippen molar-refractivity contribution in [3.8, 4) is 0 Å². The van der Waals surface area contributed by atoms with E-state index in [0.717, 1.165) is 12.8 Å². The Bertz CT molecular complexity index is 178. The molecule has 3 heteroatoms. The van der Waals surface area contributed by atoms with Gasteiger partial charge in [-0.1, -0.05) is 13.8 Å². The Labute approximate surface area is 87.0 Å². The molecule has 0 rings (SSSR count). The molecule has 0 aliphatic heterocycles. The van der Waals surface area contributed by atoms with E-state index >= 15 is 0 Å². The predicted molar refractivity (Wildman–Crippen MR) is 58.2 cm³/mol. The van der Waals surface area contributed by atoms with Crippen LogP contribution in [0.5, 0.6) is 0 Å². The van der Waals surface area contributed by atoms with Crippen LogP contribution in [-0.2, 0) is 9.53 Å². The van der Waals surface area contributed by atoms with E-state index in [1.807, 2.05) is 20.8 Å². The molecule has 0 radical (unpaired) electrons. The Morgan fingerprint density at radius 2 is 2.07 bits per heavy atom. The van der Waals surface area contributed by atoms with Crippen LogP contribution in [0.3, 0.4) is 0 Å². The van der Waals surface area contributed by atoms with Gasteiger partial charge in [0.2, 0.25) is 0 Å². The minimum atomic E-state index is -0.261. The van der Waals surface area contributed by atoms with Crippen molar-refractivity contribution in [1.29, 1.82) is 0 Å². The van der Waals surface area contributed by atoms with Gasteiger partial charge < -0.3 is 10.5 Å². The van der Waals surface area contributed by atoms with Crippen LogP contribution in [0.4, 0.5) is 0 Å². The number of hydrogen-bond acceptors (Lipinski definition) is 3. The Morgan fingerprint density at radius 1 is 1.50 bits per heavy atom. The van der Waals surface area contributed by atoms with Crippen molar-refractivity contribution in [2.45, 2.75) is 46.6 Å². The molecular formula is C11H23NO2. The van der Waals surface area contributed by atoms with E-state index in [2.05, 4.69) is 0 Å². The van der Waals surface area contributed by atoms with Crippen LogP contribution in [-0.4, -0.2) is 25.0 Å². The minimum absolute atomic E-state index is 0.197. The fourth-order valence-corrected chi connectivity index (χ4v) is 1.01. The summed E-state index contributed by atoms with van der Waals surface area (Å²) in [6.45, 7) is 8.82. The lowest BCUT2D eigenvalue weighted by molar-refractivity contribution is -0.126. The number of ketones is 1. The third-order valence-corrected chi connectivity index (χ3v) is 2.66. The third kappa shape index (κ3) is 5.35. The molecule has 3 nitrogen and oxygen atoms in total. The van der Waals surface area contributed by atoms with Gasteiger partial charge in [-0.3, -0.25) is 4.79 Å². The number of ether oxygens (including phenoxy) is 1. The monoisotopic (exact) mass is 201 g/mol. The standard InChI is InChI=1S/C11H23NO2/c1-9(5-7-12)14-8-6-11(3,4)10(2)13/h9H,5-8,12H2,1-4H3. The molecule has 1 atom stereocenters. The molecule has 84 valence electrons. The van der Waals surface area contributed by atoms with E-state index < -0.39 is 0 Å². The fraction of sp³-hybridized carbons (Fsp3) is 0.909. The van der Waals surface area contributed by atoms with Crippen molar-refractivity contribution in [2.75, 3.05) is 13.2 Å². The van der Waals surface area contributed by atoms with Crippen LogP contribution in [0.2, 0.25) is 0 Å². The second-order valence-electron chi connectivity index (χ2n) is 4.45. The first-order chi connectivity index (χ1) is 6.40. The summed E-state index contributed by atoms with van der Waals surface area (Å²) < 4.78 is 5.54. The molecule has 0 aliphatic rings. The highest BCUT2D eigenvalue weighted by Crippen LogP contribution is 2.21.